The molecule has 16 nitrogen and oxygen atoms in total. The van der Waals surface area contributed by atoms with Gasteiger partial charge in [-0.25, -0.2) is 13.8 Å². The van der Waals surface area contributed by atoms with E-state index in [-0.39, 0.29) is 0 Å². The molecule has 0 rings (SSSR count). The van der Waals surface area contributed by atoms with Gasteiger partial charge >= 0.3 is 23.2 Å². The van der Waals surface area contributed by atoms with Crippen LogP contribution >= 0.6 is 35.6 Å². The van der Waals surface area contributed by atoms with Gasteiger partial charge in [0.1, 0.15) is 6.72 Å². The Labute approximate surface area is 242 Å². The summed E-state index contributed by atoms with van der Waals surface area (Å²) < 4.78 is 82.5. The molecule has 38 heavy (non-hydrogen) atoms. The summed E-state index contributed by atoms with van der Waals surface area (Å²) in [6.07, 6.45) is 0. The van der Waals surface area contributed by atoms with Gasteiger partial charge in [-0.1, -0.05) is 23.6 Å². The third-order valence-electron chi connectivity index (χ3n) is 3.18. The van der Waals surface area contributed by atoms with Gasteiger partial charge in [-0.05, 0) is 14.1 Å². The standard InChI is InChI=1S/C4H12NO3P.C3H9O4P.C3H9O3P.C2H7O3PS.C2H7O2PS2/c1-5(2)9(6,7-3)8-4;1-5-8(4,6-2)7-3;1-5-7(3,4)6-2;1-4-6(3,7)5-2;1-3-5(6,7)4-2/h1-4H3;1-3H3;1-3H3;1-2H3,(H,3,7);1-2H3,(H,6,7)/p-2. The molecular formula is C14H42NO15P5S3-2. The fraction of sp³-hybridized carbons (Fsp3) is 1.00. The van der Waals surface area contributed by atoms with Crippen LogP contribution in [0.25, 0.3) is 0 Å². The first kappa shape index (κ1) is 49.5. The Hall–Kier alpha value is 1.82. The molecule has 0 atom stereocenters. The first-order valence-electron chi connectivity index (χ1n) is 9.32. The van der Waals surface area contributed by atoms with Gasteiger partial charge in [-0.2, -0.15) is 0 Å². The summed E-state index contributed by atoms with van der Waals surface area (Å²) in [6, 6.07) is 0. The highest BCUT2D eigenvalue weighted by molar-refractivity contribution is 8.51. The third kappa shape index (κ3) is 30.8. The Balaban J connectivity index is -0.000000120. The molecule has 0 aromatic carbocycles. The van der Waals surface area contributed by atoms with Crippen LogP contribution in [0.1, 0.15) is 0 Å². The van der Waals surface area contributed by atoms with Crippen LogP contribution in [0.2, 0.25) is 0 Å². The van der Waals surface area contributed by atoms with E-state index in [0.717, 1.165) is 0 Å². The summed E-state index contributed by atoms with van der Waals surface area (Å²) in [5.74, 6) is 0. The summed E-state index contributed by atoms with van der Waals surface area (Å²) >= 11 is 13.5. The van der Waals surface area contributed by atoms with Gasteiger partial charge in [-0.15, -0.1) is 0 Å². The molecule has 0 aliphatic rings. The number of phosphoric ester groups is 1. The first-order valence-corrected chi connectivity index (χ1v) is 20.5. The van der Waals surface area contributed by atoms with E-state index >= 15 is 0 Å². The average Bonchev–Trinajstić information content (AvgIpc) is 2.93. The predicted octanol–water partition coefficient (Wildman–Crippen LogP) is 4.00. The molecule has 0 heterocycles. The van der Waals surface area contributed by atoms with Gasteiger partial charge in [-0.3, -0.25) is 27.2 Å². The largest absolute Gasteiger partial charge is 0.780 e. The van der Waals surface area contributed by atoms with Gasteiger partial charge < -0.3 is 44.3 Å². The van der Waals surface area contributed by atoms with Crippen LogP contribution in [0.15, 0.2) is 0 Å². The van der Waals surface area contributed by atoms with E-state index in [9.17, 15) is 18.6 Å². The summed E-state index contributed by atoms with van der Waals surface area (Å²) in [5.41, 5.74) is -2.24. The minimum atomic E-state index is -3.16. The molecule has 0 saturated carbocycles. The van der Waals surface area contributed by atoms with E-state index in [1.165, 1.54) is 89.5 Å². The molecule has 0 spiro atoms. The maximum atomic E-state index is 11.1. The zero-order valence-corrected chi connectivity index (χ0v) is 31.0. The Kier molecular flexibility index (Phi) is 34.4. The highest BCUT2D eigenvalue weighted by Crippen LogP contribution is 2.48. The second kappa shape index (κ2) is 26.4. The monoisotopic (exact) mass is 715 g/mol. The topological polar surface area (TPSA) is 179 Å². The minimum Gasteiger partial charge on any atom is -0.780 e. The second-order valence-electron chi connectivity index (χ2n) is 5.44. The summed E-state index contributed by atoms with van der Waals surface area (Å²) in [5, 5.41) is 0. The molecule has 0 unspecified atom stereocenters. The van der Waals surface area contributed by atoms with Gasteiger partial charge in [0.25, 0.3) is 0 Å². The van der Waals surface area contributed by atoms with Gasteiger partial charge in [0, 0.05) is 84.9 Å². The highest BCUT2D eigenvalue weighted by Gasteiger charge is 2.23. The molecule has 24 heteroatoms. The van der Waals surface area contributed by atoms with Crippen LogP contribution in [0.4, 0.5) is 0 Å². The van der Waals surface area contributed by atoms with Gasteiger partial charge in [0.2, 0.25) is 0 Å². The summed E-state index contributed by atoms with van der Waals surface area (Å²) in [7, 11) is 9.11. The van der Waals surface area contributed by atoms with Crippen molar-refractivity contribution in [3.05, 3.63) is 0 Å². The van der Waals surface area contributed by atoms with E-state index in [1.54, 1.807) is 14.1 Å². The van der Waals surface area contributed by atoms with Gasteiger partial charge in [0.15, 0.2) is 0 Å². The van der Waals surface area contributed by atoms with E-state index in [4.69, 9.17) is 0 Å². The quantitative estimate of drug-likeness (QED) is 0.209. The molecule has 0 fully saturated rings. The fourth-order valence-electron chi connectivity index (χ4n) is 0.848. The zero-order valence-electron chi connectivity index (χ0n) is 24.0. The van der Waals surface area contributed by atoms with E-state index < -0.39 is 35.6 Å². The van der Waals surface area contributed by atoms with Crippen LogP contribution in [-0.4, -0.2) is 104 Å². The van der Waals surface area contributed by atoms with Crippen molar-refractivity contribution in [1.82, 2.24) is 4.67 Å². The number of hydrogen-bond donors (Lipinski definition) is 0. The van der Waals surface area contributed by atoms with Gasteiger partial charge in [0.05, 0.1) is 5.69 Å². The zero-order chi connectivity index (χ0) is 31.9. The molecule has 0 amide bonds. The smallest absolute Gasteiger partial charge is 0.473 e. The minimum absolute atomic E-state index is 1.25. The van der Waals surface area contributed by atoms with Crippen molar-refractivity contribution in [2.45, 2.75) is 0 Å². The van der Waals surface area contributed by atoms with Crippen molar-refractivity contribution in [1.29, 1.82) is 0 Å². The van der Waals surface area contributed by atoms with Crippen LogP contribution in [0, 0.1) is 0 Å². The van der Waals surface area contributed by atoms with Crippen molar-refractivity contribution in [2.24, 2.45) is 0 Å². The molecule has 0 radical (unpaired) electrons. The molecule has 0 aromatic heterocycles. The SMILES string of the molecule is COP(=O)(OC)N(C)C.COP(=O)(OC)OC.COP(=S)([S-])OC.COP(C)(=O)OC.COP([O-])(=S)OC. The Morgan fingerprint density at radius 2 is 0.868 bits per heavy atom. The van der Waals surface area contributed by atoms with Crippen LogP contribution in [0.3, 0.4) is 0 Å². The van der Waals surface area contributed by atoms with Crippen molar-refractivity contribution in [3.63, 3.8) is 0 Å². The lowest BCUT2D eigenvalue weighted by atomic mass is 11.3. The van der Waals surface area contributed by atoms with Crippen molar-refractivity contribution < 1.29 is 68.3 Å². The molecule has 238 valence electrons. The third-order valence-corrected chi connectivity index (χ3v) is 12.2. The Morgan fingerprint density at radius 3 is 0.868 bits per heavy atom. The maximum absolute atomic E-state index is 11.1. The summed E-state index contributed by atoms with van der Waals surface area (Å²) in [4.78, 5) is 10.3. The maximum Gasteiger partial charge on any atom is 0.473 e. The first-order chi connectivity index (χ1) is 17.1. The second-order valence-corrected chi connectivity index (χ2v) is 20.3. The van der Waals surface area contributed by atoms with Crippen LogP contribution in [-0.2, 0) is 99.3 Å². The molecular weight excluding hydrogens is 673 g/mol. The predicted molar refractivity (Wildman–Crippen MR) is 155 cm³/mol. The normalized spacial score (nSPS) is 12.0. The average molecular weight is 716 g/mol. The molecule has 0 aliphatic carbocycles. The molecule has 0 aromatic rings. The molecule has 0 saturated heterocycles. The lowest BCUT2D eigenvalue weighted by Crippen LogP contribution is -2.10. The van der Waals surface area contributed by atoms with Crippen molar-refractivity contribution >= 4 is 71.4 Å². The summed E-state index contributed by atoms with van der Waals surface area (Å²) in [6.45, 7) is -1.66. The van der Waals surface area contributed by atoms with Crippen molar-refractivity contribution in [2.75, 3.05) is 99.0 Å². The number of phosphoric acid groups is 1. The molecule has 0 N–H and O–H groups in total. The lowest BCUT2D eigenvalue weighted by molar-refractivity contribution is -0.202. The molecule has 0 aliphatic heterocycles. The van der Waals surface area contributed by atoms with Crippen LogP contribution < -0.4 is 4.89 Å². The fourth-order valence-corrected chi connectivity index (χ4v) is 2.55. The Morgan fingerprint density at radius 1 is 0.579 bits per heavy atom. The number of rotatable bonds is 12. The van der Waals surface area contributed by atoms with E-state index in [1.807, 2.05) is 0 Å². The van der Waals surface area contributed by atoms with E-state index in [2.05, 4.69) is 85.6 Å². The number of nitrogens with zero attached hydrogens (tertiary/aromatic N) is 1. The van der Waals surface area contributed by atoms with Crippen LogP contribution in [0.5, 0.6) is 0 Å². The van der Waals surface area contributed by atoms with Crippen molar-refractivity contribution in [3.8, 4) is 0 Å². The lowest BCUT2D eigenvalue weighted by Gasteiger charge is -2.22. The highest BCUT2D eigenvalue weighted by atomic mass is 32.9. The molecule has 0 bridgehead atoms. The number of hydrogen-bond acceptors (Lipinski definition) is 18. The van der Waals surface area contributed by atoms with E-state index in [0.29, 0.717) is 0 Å². The Bertz CT molecular complexity index is 699.